The van der Waals surface area contributed by atoms with Gasteiger partial charge in [-0.2, -0.15) is 0 Å². The molecule has 1 unspecified atom stereocenters. The first-order valence-corrected chi connectivity index (χ1v) is 6.08. The van der Waals surface area contributed by atoms with Gasteiger partial charge in [-0.25, -0.2) is 0 Å². The predicted octanol–water partition coefficient (Wildman–Crippen LogP) is 2.17. The van der Waals surface area contributed by atoms with E-state index in [9.17, 15) is 0 Å². The second kappa shape index (κ2) is 4.04. The molecule has 0 aliphatic heterocycles. The summed E-state index contributed by atoms with van der Waals surface area (Å²) in [5.41, 5.74) is 9.72. The van der Waals surface area contributed by atoms with E-state index < -0.39 is 0 Å². The molecule has 17 heavy (non-hydrogen) atoms. The van der Waals surface area contributed by atoms with Gasteiger partial charge in [0.1, 0.15) is 0 Å². The van der Waals surface area contributed by atoms with Crippen molar-refractivity contribution in [2.24, 2.45) is 5.73 Å². The molecule has 0 radical (unpaired) electrons. The molecule has 2 aromatic heterocycles. The predicted molar refractivity (Wildman–Crippen MR) is 64.6 cm³/mol. The van der Waals surface area contributed by atoms with Crippen molar-refractivity contribution in [2.75, 3.05) is 0 Å². The van der Waals surface area contributed by atoms with Crippen molar-refractivity contribution in [1.29, 1.82) is 0 Å². The maximum absolute atomic E-state index is 6.11. The first-order valence-electron chi connectivity index (χ1n) is 6.08. The van der Waals surface area contributed by atoms with E-state index >= 15 is 0 Å². The van der Waals surface area contributed by atoms with Gasteiger partial charge in [0.2, 0.25) is 0 Å². The summed E-state index contributed by atoms with van der Waals surface area (Å²) in [4.78, 5) is 0. The van der Waals surface area contributed by atoms with E-state index in [1.807, 2.05) is 13.0 Å². The average Bonchev–Trinajstić information content (AvgIpc) is 2.86. The zero-order valence-electron chi connectivity index (χ0n) is 10.0. The second-order valence-electron chi connectivity index (χ2n) is 4.84. The molecule has 1 aliphatic rings. The van der Waals surface area contributed by atoms with Gasteiger partial charge in [0.05, 0.1) is 12.2 Å². The number of aromatic nitrogens is 2. The number of hydrogen-bond donors (Lipinski definition) is 1. The minimum atomic E-state index is 0.205. The molecule has 1 atom stereocenters. The smallest absolute Gasteiger partial charge is 0.156 e. The third-order valence-corrected chi connectivity index (χ3v) is 3.37. The monoisotopic (exact) mass is 231 g/mol. The van der Waals surface area contributed by atoms with Gasteiger partial charge in [-0.05, 0) is 37.3 Å². The molecule has 0 saturated heterocycles. The fourth-order valence-corrected chi connectivity index (χ4v) is 2.55. The zero-order chi connectivity index (χ0) is 11.8. The van der Waals surface area contributed by atoms with Gasteiger partial charge in [0.15, 0.2) is 5.76 Å². The average molecular weight is 231 g/mol. The molecule has 2 N–H and O–H groups in total. The lowest BCUT2D eigenvalue weighted by atomic mass is 9.92. The molecule has 90 valence electrons. The highest BCUT2D eigenvalue weighted by molar-refractivity contribution is 5.30. The molecule has 1 aliphatic carbocycles. The summed E-state index contributed by atoms with van der Waals surface area (Å²) in [5.74, 6) is 0.892. The Morgan fingerprint density at radius 1 is 1.53 bits per heavy atom. The summed E-state index contributed by atoms with van der Waals surface area (Å²) < 4.78 is 7.37. The van der Waals surface area contributed by atoms with Crippen LogP contribution in [0.1, 0.15) is 41.5 Å². The number of hydrogen-bond acceptors (Lipinski definition) is 3. The molecule has 0 saturated carbocycles. The quantitative estimate of drug-likeness (QED) is 0.861. The number of aryl methyl sites for hydroxylation is 2. The van der Waals surface area contributed by atoms with Crippen LogP contribution in [0.5, 0.6) is 0 Å². The second-order valence-corrected chi connectivity index (χ2v) is 4.84. The van der Waals surface area contributed by atoms with Crippen LogP contribution in [0.2, 0.25) is 0 Å². The minimum Gasteiger partial charge on any atom is -0.359 e. The van der Waals surface area contributed by atoms with E-state index in [4.69, 9.17) is 10.3 Å². The van der Waals surface area contributed by atoms with Crippen molar-refractivity contribution >= 4 is 0 Å². The molecule has 0 aromatic carbocycles. The maximum atomic E-state index is 6.11. The van der Waals surface area contributed by atoms with Crippen molar-refractivity contribution in [2.45, 2.75) is 38.8 Å². The molecular weight excluding hydrogens is 214 g/mol. The summed E-state index contributed by atoms with van der Waals surface area (Å²) in [7, 11) is 0. The molecule has 4 heteroatoms. The van der Waals surface area contributed by atoms with Gasteiger partial charge in [0, 0.05) is 24.5 Å². The van der Waals surface area contributed by atoms with Crippen LogP contribution in [0, 0.1) is 6.92 Å². The molecule has 0 fully saturated rings. The summed E-state index contributed by atoms with van der Waals surface area (Å²) in [5, 5.41) is 3.90. The Morgan fingerprint density at radius 3 is 3.12 bits per heavy atom. The van der Waals surface area contributed by atoms with Crippen LogP contribution in [-0.2, 0) is 13.0 Å². The van der Waals surface area contributed by atoms with Crippen molar-refractivity contribution in [3.8, 4) is 0 Å². The fourth-order valence-electron chi connectivity index (χ4n) is 2.55. The normalized spacial score (nSPS) is 19.3. The lowest BCUT2D eigenvalue weighted by Crippen LogP contribution is -2.15. The van der Waals surface area contributed by atoms with E-state index in [0.29, 0.717) is 0 Å². The van der Waals surface area contributed by atoms with Crippen molar-refractivity contribution in [3.05, 3.63) is 41.0 Å². The lowest BCUT2D eigenvalue weighted by molar-refractivity contribution is 0.373. The molecule has 4 nitrogen and oxygen atoms in total. The third kappa shape index (κ3) is 2.00. The molecule has 0 bridgehead atoms. The summed E-state index contributed by atoms with van der Waals surface area (Å²) in [6, 6.07) is 2.18. The number of nitrogens with zero attached hydrogens (tertiary/aromatic N) is 2. The van der Waals surface area contributed by atoms with Crippen molar-refractivity contribution in [1.82, 2.24) is 9.72 Å². The van der Waals surface area contributed by atoms with Crippen LogP contribution >= 0.6 is 0 Å². The van der Waals surface area contributed by atoms with Gasteiger partial charge in [0.25, 0.3) is 0 Å². The third-order valence-electron chi connectivity index (χ3n) is 3.37. The van der Waals surface area contributed by atoms with E-state index in [1.54, 1.807) is 0 Å². The Bertz CT molecular complexity index is 527. The number of fused-ring (bicyclic) bond motifs is 1. The van der Waals surface area contributed by atoms with E-state index in [2.05, 4.69) is 22.1 Å². The topological polar surface area (TPSA) is 57.0 Å². The van der Waals surface area contributed by atoms with Crippen molar-refractivity contribution < 1.29 is 4.52 Å². The summed E-state index contributed by atoms with van der Waals surface area (Å²) in [6.45, 7) is 2.67. The van der Waals surface area contributed by atoms with Gasteiger partial charge < -0.3 is 14.8 Å². The SMILES string of the molecule is Cc1cc(Cn2cc3c(c2)C(N)CCC3)on1. The Hall–Kier alpha value is -1.55. The highest BCUT2D eigenvalue weighted by atomic mass is 16.5. The molecule has 3 rings (SSSR count). The van der Waals surface area contributed by atoms with Crippen molar-refractivity contribution in [3.63, 3.8) is 0 Å². The lowest BCUT2D eigenvalue weighted by Gasteiger charge is -2.17. The first-order chi connectivity index (χ1) is 8.22. The first kappa shape index (κ1) is 10.6. The Labute approximate surface area is 100 Å². The van der Waals surface area contributed by atoms with Gasteiger partial charge in [-0.15, -0.1) is 0 Å². The Balaban J connectivity index is 1.85. The van der Waals surface area contributed by atoms with Crippen LogP contribution in [0.3, 0.4) is 0 Å². The summed E-state index contributed by atoms with van der Waals surface area (Å²) >= 11 is 0. The van der Waals surface area contributed by atoms with Crippen LogP contribution in [-0.4, -0.2) is 9.72 Å². The molecule has 0 spiro atoms. The van der Waals surface area contributed by atoms with Crippen LogP contribution in [0.15, 0.2) is 23.0 Å². The number of rotatable bonds is 2. The van der Waals surface area contributed by atoms with Gasteiger partial charge in [-0.1, -0.05) is 5.16 Å². The fraction of sp³-hybridized carbons (Fsp3) is 0.462. The Kier molecular flexibility index (Phi) is 2.52. The largest absolute Gasteiger partial charge is 0.359 e. The molecule has 2 aromatic rings. The van der Waals surface area contributed by atoms with Gasteiger partial charge in [-0.3, -0.25) is 0 Å². The van der Waals surface area contributed by atoms with Crippen LogP contribution < -0.4 is 5.73 Å². The molecule has 2 heterocycles. The molecule has 0 amide bonds. The minimum absolute atomic E-state index is 0.205. The Morgan fingerprint density at radius 2 is 2.41 bits per heavy atom. The summed E-state index contributed by atoms with van der Waals surface area (Å²) in [6.07, 6.45) is 7.77. The highest BCUT2D eigenvalue weighted by Gasteiger charge is 2.18. The zero-order valence-corrected chi connectivity index (χ0v) is 10.0. The van der Waals surface area contributed by atoms with Gasteiger partial charge >= 0.3 is 0 Å². The highest BCUT2D eigenvalue weighted by Crippen LogP contribution is 2.28. The van der Waals surface area contributed by atoms with E-state index in [-0.39, 0.29) is 6.04 Å². The van der Waals surface area contributed by atoms with Crippen LogP contribution in [0.25, 0.3) is 0 Å². The van der Waals surface area contributed by atoms with E-state index in [1.165, 1.54) is 17.5 Å². The van der Waals surface area contributed by atoms with E-state index in [0.717, 1.165) is 30.8 Å². The standard InChI is InChI=1S/C13H17N3O/c1-9-5-11(17-15-9)7-16-6-10-3-2-4-13(14)12(10)8-16/h5-6,8,13H,2-4,7,14H2,1H3. The maximum Gasteiger partial charge on any atom is 0.156 e. The molecular formula is C13H17N3O. The number of nitrogens with two attached hydrogens (primary N) is 1. The van der Waals surface area contributed by atoms with Crippen LogP contribution in [0.4, 0.5) is 0 Å².